The third-order valence-corrected chi connectivity index (χ3v) is 7.07. The second-order valence-corrected chi connectivity index (χ2v) is 9.01. The Labute approximate surface area is 197 Å². The van der Waals surface area contributed by atoms with Gasteiger partial charge in [-0.15, -0.1) is 0 Å². The fourth-order valence-electron chi connectivity index (χ4n) is 5.56. The quantitative estimate of drug-likeness (QED) is 0.615. The first kappa shape index (κ1) is 22.4. The van der Waals surface area contributed by atoms with Crippen molar-refractivity contribution in [1.82, 2.24) is 19.4 Å². The molecule has 0 aliphatic carbocycles. The van der Waals surface area contributed by atoms with E-state index in [1.54, 1.807) is 41.3 Å². The molecule has 5 rings (SSSR count). The molecule has 1 N–H and O–H groups in total. The van der Waals surface area contributed by atoms with Crippen LogP contribution in [-0.2, 0) is 22.0 Å². The Morgan fingerprint density at radius 1 is 1.18 bits per heavy atom. The van der Waals surface area contributed by atoms with Crippen LogP contribution in [0.1, 0.15) is 27.8 Å². The van der Waals surface area contributed by atoms with Gasteiger partial charge in [0, 0.05) is 57.1 Å². The molecule has 178 valence electrons. The first-order chi connectivity index (χ1) is 16.4. The molecule has 0 saturated carbocycles. The van der Waals surface area contributed by atoms with Crippen LogP contribution in [0.5, 0.6) is 5.75 Å². The fourth-order valence-corrected chi connectivity index (χ4v) is 5.56. The zero-order chi connectivity index (χ0) is 24.0. The summed E-state index contributed by atoms with van der Waals surface area (Å²) in [4.78, 5) is 33.8. The number of amides is 2. The molecule has 1 fully saturated rings. The van der Waals surface area contributed by atoms with Gasteiger partial charge in [-0.25, -0.2) is 0 Å². The van der Waals surface area contributed by atoms with Crippen LogP contribution in [0.2, 0.25) is 0 Å². The van der Waals surface area contributed by atoms with Crippen LogP contribution < -0.4 is 4.74 Å². The van der Waals surface area contributed by atoms with E-state index in [-0.39, 0.29) is 25.0 Å². The number of methoxy groups -OCH3 is 2. The maximum Gasteiger partial charge on any atom is 0.272 e. The molecule has 3 aromatic rings. The monoisotopic (exact) mass is 464 g/mol. The van der Waals surface area contributed by atoms with Gasteiger partial charge in [-0.3, -0.25) is 14.6 Å². The van der Waals surface area contributed by atoms with Crippen molar-refractivity contribution in [1.29, 1.82) is 0 Å². The van der Waals surface area contributed by atoms with E-state index in [1.165, 1.54) is 7.11 Å². The molecule has 2 aromatic heterocycles. The number of likely N-dealkylation sites (tertiary alicyclic amines) is 1. The van der Waals surface area contributed by atoms with E-state index < -0.39 is 11.5 Å². The van der Waals surface area contributed by atoms with E-state index in [2.05, 4.69) is 4.98 Å². The molecule has 34 heavy (non-hydrogen) atoms. The Kier molecular flexibility index (Phi) is 5.53. The number of ether oxygens (including phenoxy) is 2. The number of carbonyl (C=O) groups excluding carboxylic acids is 2. The molecule has 4 heterocycles. The molecular weight excluding hydrogens is 436 g/mol. The van der Waals surface area contributed by atoms with Gasteiger partial charge in [0.05, 0.1) is 30.7 Å². The summed E-state index contributed by atoms with van der Waals surface area (Å²) in [5, 5.41) is 11.4. The van der Waals surface area contributed by atoms with Gasteiger partial charge in [0.2, 0.25) is 5.91 Å². The second-order valence-electron chi connectivity index (χ2n) is 9.01. The lowest BCUT2D eigenvalue weighted by molar-refractivity contribution is -0.142. The highest BCUT2D eigenvalue weighted by Gasteiger charge is 2.55. The van der Waals surface area contributed by atoms with Crippen LogP contribution in [0.4, 0.5) is 0 Å². The number of aromatic nitrogens is 2. The van der Waals surface area contributed by atoms with Crippen LogP contribution in [0.15, 0.2) is 42.6 Å². The summed E-state index contributed by atoms with van der Waals surface area (Å²) in [6.45, 7) is 1.02. The molecule has 1 saturated heterocycles. The summed E-state index contributed by atoms with van der Waals surface area (Å²) in [7, 11) is 5.05. The molecule has 1 aromatic carbocycles. The molecule has 0 unspecified atom stereocenters. The Balaban J connectivity index is 1.62. The lowest BCUT2D eigenvalue weighted by Crippen LogP contribution is -2.68. The number of fused-ring (bicyclic) bond motifs is 4. The smallest absolute Gasteiger partial charge is 0.272 e. The first-order valence-corrected chi connectivity index (χ1v) is 11.2. The summed E-state index contributed by atoms with van der Waals surface area (Å²) >= 11 is 0. The van der Waals surface area contributed by atoms with Crippen molar-refractivity contribution in [3.63, 3.8) is 0 Å². The van der Waals surface area contributed by atoms with Gasteiger partial charge in [-0.05, 0) is 29.8 Å². The number of hydrogen-bond donors (Lipinski definition) is 1. The highest BCUT2D eigenvalue weighted by molar-refractivity contribution is 5.95. The molecule has 2 aliphatic heterocycles. The maximum atomic E-state index is 13.1. The summed E-state index contributed by atoms with van der Waals surface area (Å²) in [5.41, 5.74) is 2.86. The van der Waals surface area contributed by atoms with Crippen molar-refractivity contribution in [3.8, 4) is 5.75 Å². The van der Waals surface area contributed by atoms with Crippen LogP contribution in [0.25, 0.3) is 10.9 Å². The minimum absolute atomic E-state index is 0.0732. The third-order valence-electron chi connectivity index (χ3n) is 7.07. The van der Waals surface area contributed by atoms with Crippen molar-refractivity contribution in [2.75, 3.05) is 47.1 Å². The van der Waals surface area contributed by atoms with E-state index in [9.17, 15) is 14.7 Å². The van der Waals surface area contributed by atoms with Gasteiger partial charge < -0.3 is 28.9 Å². The average Bonchev–Trinajstić information content (AvgIpc) is 3.14. The van der Waals surface area contributed by atoms with E-state index >= 15 is 0 Å². The van der Waals surface area contributed by atoms with Crippen molar-refractivity contribution in [3.05, 3.63) is 59.5 Å². The number of pyridine rings is 1. The van der Waals surface area contributed by atoms with Crippen molar-refractivity contribution in [2.45, 2.75) is 11.5 Å². The summed E-state index contributed by atoms with van der Waals surface area (Å²) in [6, 6.07) is 10.7. The molecule has 2 aliphatic rings. The van der Waals surface area contributed by atoms with Crippen LogP contribution in [-0.4, -0.2) is 83.3 Å². The molecule has 0 radical (unpaired) electrons. The van der Waals surface area contributed by atoms with Gasteiger partial charge in [0.1, 0.15) is 18.1 Å². The van der Waals surface area contributed by atoms with E-state index in [4.69, 9.17) is 9.47 Å². The zero-order valence-electron chi connectivity index (χ0n) is 19.5. The van der Waals surface area contributed by atoms with Gasteiger partial charge in [0.25, 0.3) is 5.91 Å². The number of carbonyl (C=O) groups is 2. The fraction of sp³-hybridized carbons (Fsp3) is 0.400. The number of aliphatic hydroxyl groups excluding tert-OH is 1. The van der Waals surface area contributed by atoms with Crippen molar-refractivity contribution < 1.29 is 24.2 Å². The van der Waals surface area contributed by atoms with Crippen molar-refractivity contribution >= 4 is 22.7 Å². The molecule has 2 amide bonds. The second kappa shape index (κ2) is 8.41. The Morgan fingerprint density at radius 3 is 2.62 bits per heavy atom. The standard InChI is InChI=1S/C25H28N4O5/c1-27-19-10-16(34-3)7-8-17(19)22-23(27)20(11-30)29(21(31)12-33-2)15-25(22)13-28(14-25)24(32)18-6-4-5-9-26-18/h4-10,20,30H,11-15H2,1-3H3/t20-/m1/s1. The summed E-state index contributed by atoms with van der Waals surface area (Å²) in [5.74, 6) is 0.408. The predicted molar refractivity (Wildman–Crippen MR) is 125 cm³/mol. The molecular formula is C25H28N4O5. The normalized spacial score (nSPS) is 18.6. The minimum Gasteiger partial charge on any atom is -0.497 e. The summed E-state index contributed by atoms with van der Waals surface area (Å²) < 4.78 is 12.6. The third kappa shape index (κ3) is 3.26. The highest BCUT2D eigenvalue weighted by atomic mass is 16.5. The lowest BCUT2D eigenvalue weighted by Gasteiger charge is -2.56. The number of nitrogens with zero attached hydrogens (tertiary/aromatic N) is 4. The molecule has 1 spiro atoms. The van der Waals surface area contributed by atoms with Crippen LogP contribution in [0, 0.1) is 0 Å². The minimum atomic E-state index is -0.507. The number of benzene rings is 1. The Bertz CT molecular complexity index is 1250. The molecule has 0 bridgehead atoms. The first-order valence-electron chi connectivity index (χ1n) is 11.2. The van der Waals surface area contributed by atoms with Gasteiger partial charge in [-0.1, -0.05) is 6.07 Å². The average molecular weight is 465 g/mol. The van der Waals surface area contributed by atoms with Gasteiger partial charge in [0.15, 0.2) is 0 Å². The SMILES string of the molecule is COCC(=O)N1CC2(CN(C(=O)c3ccccn3)C2)c2c(n(C)c3cc(OC)ccc23)[C@H]1CO. The molecule has 9 nitrogen and oxygen atoms in total. The zero-order valence-corrected chi connectivity index (χ0v) is 19.5. The van der Waals surface area contributed by atoms with Gasteiger partial charge >= 0.3 is 0 Å². The number of aliphatic hydroxyl groups is 1. The number of aryl methyl sites for hydroxylation is 1. The van der Waals surface area contributed by atoms with Crippen LogP contribution >= 0.6 is 0 Å². The van der Waals surface area contributed by atoms with E-state index in [1.807, 2.05) is 29.8 Å². The Hall–Kier alpha value is -3.43. The molecule has 1 atom stereocenters. The molecule has 9 heteroatoms. The van der Waals surface area contributed by atoms with E-state index in [0.29, 0.717) is 25.3 Å². The predicted octanol–water partition coefficient (Wildman–Crippen LogP) is 1.50. The van der Waals surface area contributed by atoms with Crippen molar-refractivity contribution in [2.24, 2.45) is 7.05 Å². The highest BCUT2D eigenvalue weighted by Crippen LogP contribution is 2.49. The summed E-state index contributed by atoms with van der Waals surface area (Å²) in [6.07, 6.45) is 1.61. The van der Waals surface area contributed by atoms with E-state index in [0.717, 1.165) is 27.9 Å². The van der Waals surface area contributed by atoms with Gasteiger partial charge in [-0.2, -0.15) is 0 Å². The van der Waals surface area contributed by atoms with Crippen LogP contribution in [0.3, 0.4) is 0 Å². The largest absolute Gasteiger partial charge is 0.497 e. The Morgan fingerprint density at radius 2 is 1.97 bits per heavy atom. The number of rotatable bonds is 5. The topological polar surface area (TPSA) is 97.1 Å². The number of hydrogen-bond acceptors (Lipinski definition) is 6. The maximum absolute atomic E-state index is 13.1. The lowest BCUT2D eigenvalue weighted by atomic mass is 9.68.